The number of pyridine rings is 1. The molecule has 3 aliphatic rings. The number of likely N-dealkylation sites (N-methyl/N-ethyl adjacent to an activating group) is 1. The van der Waals surface area contributed by atoms with Crippen LogP contribution in [0.1, 0.15) is 122 Å². The maximum Gasteiger partial charge on any atom is 0.102 e. The number of aliphatic hydroxyl groups excluding tert-OH is 5. The molecular weight excluding hydrogens is 773 g/mol. The summed E-state index contributed by atoms with van der Waals surface area (Å²) >= 11 is 0. The summed E-state index contributed by atoms with van der Waals surface area (Å²) in [5.41, 5.74) is 2.03. The first-order chi connectivity index (χ1) is 28.5. The third-order valence-electron chi connectivity index (χ3n) is 12.2. The van der Waals surface area contributed by atoms with Crippen molar-refractivity contribution in [3.8, 4) is 0 Å². The first kappa shape index (κ1) is 55.1. The molecule has 11 heteroatoms. The van der Waals surface area contributed by atoms with Crippen LogP contribution >= 0.6 is 0 Å². The van der Waals surface area contributed by atoms with Gasteiger partial charge in [-0.25, -0.2) is 0 Å². The summed E-state index contributed by atoms with van der Waals surface area (Å²) in [4.78, 5) is 6.52. The van der Waals surface area contributed by atoms with Gasteiger partial charge in [0.15, 0.2) is 0 Å². The number of aromatic nitrogens is 1. The minimum atomic E-state index is -0.579. The van der Waals surface area contributed by atoms with Crippen molar-refractivity contribution in [2.45, 2.75) is 195 Å². The monoisotopic (exact) mass is 861 g/mol. The van der Waals surface area contributed by atoms with E-state index in [0.717, 1.165) is 35.7 Å². The van der Waals surface area contributed by atoms with E-state index in [9.17, 15) is 20.4 Å². The first-order valence-electron chi connectivity index (χ1n) is 23.2. The van der Waals surface area contributed by atoms with Crippen molar-refractivity contribution in [3.05, 3.63) is 48.2 Å². The SMILES string of the molecule is CC(C)[C@@H]1O[C@H](C)C[C@H](C)[C@H]1O.CC(C)[C@@H]1O[C@H](C)[C@@H](O)[C@H](C)[C@H]1O.CC(C)[C@@H]1O[C@H](C)[C@@H](OC/C=C/c2cnc3ccccc3c2)[C@H](N(C)C)[C@H]1O.CCC(O)CC(C)C. The molecule has 15 atom stereocenters. The molecule has 0 spiro atoms. The molecule has 0 aliphatic carbocycles. The van der Waals surface area contributed by atoms with Gasteiger partial charge in [-0.3, -0.25) is 4.98 Å². The molecular formula is C50H88N2O9. The van der Waals surface area contributed by atoms with Crippen LogP contribution < -0.4 is 0 Å². The molecule has 0 radical (unpaired) electrons. The van der Waals surface area contributed by atoms with Crippen LogP contribution in [-0.2, 0) is 18.9 Å². The summed E-state index contributed by atoms with van der Waals surface area (Å²) < 4.78 is 23.4. The standard InChI is InChI=1S/C23H32N2O3.C10H20O3.C10H20O2.C7H16O/c1-15(2)22-21(26)20(25(4)5)23(16(3)28-22)27-12-8-9-17-13-18-10-6-7-11-19(18)24-14-17;1-5(2)10-9(12)6(3)8(11)7(4)13-10;1-6(2)10-9(11)7(3)5-8(4)12-10;1-4-7(8)5-6(2)3/h6-11,13-16,20-23,26H,12H2,1-5H3;5-12H,1-4H3;6-11H,5H2,1-4H3;6-8H,4-5H2,1-3H3/b9-8+;;;/t16-,20-,21-,22+,23-;6-,7+,8-,9+,10-;7-,8+,9+,10-;/m100./s1. The Hall–Kier alpha value is -2.03. The van der Waals surface area contributed by atoms with Gasteiger partial charge in [0, 0.05) is 17.5 Å². The third-order valence-corrected chi connectivity index (χ3v) is 12.2. The van der Waals surface area contributed by atoms with E-state index in [1.807, 2.05) is 97.1 Å². The van der Waals surface area contributed by atoms with Crippen LogP contribution in [0.2, 0.25) is 0 Å². The van der Waals surface area contributed by atoms with Gasteiger partial charge >= 0.3 is 0 Å². The molecule has 0 saturated carbocycles. The maximum atomic E-state index is 10.8. The lowest BCUT2D eigenvalue weighted by Gasteiger charge is -2.47. The molecule has 1 aromatic heterocycles. The van der Waals surface area contributed by atoms with Gasteiger partial charge in [0.25, 0.3) is 0 Å². The second-order valence-corrected chi connectivity index (χ2v) is 19.6. The molecule has 5 rings (SSSR count). The molecule has 2 aromatic rings. The number of para-hydroxylation sites is 1. The van der Waals surface area contributed by atoms with Crippen LogP contribution in [0.25, 0.3) is 17.0 Å². The van der Waals surface area contributed by atoms with Gasteiger partial charge in [-0.05, 0) is 101 Å². The first-order valence-corrected chi connectivity index (χ1v) is 23.2. The van der Waals surface area contributed by atoms with E-state index in [2.05, 4.69) is 72.5 Å². The highest BCUT2D eigenvalue weighted by Crippen LogP contribution is 2.31. The zero-order valence-electron chi connectivity index (χ0n) is 40.7. The van der Waals surface area contributed by atoms with Gasteiger partial charge in [0.1, 0.15) is 6.10 Å². The Morgan fingerprint density at radius 2 is 1.33 bits per heavy atom. The van der Waals surface area contributed by atoms with Gasteiger partial charge < -0.3 is 49.4 Å². The number of nitrogens with zero attached hydrogens (tertiary/aromatic N) is 2. The Kier molecular flexibility index (Phi) is 24.1. The maximum absolute atomic E-state index is 10.8. The smallest absolute Gasteiger partial charge is 0.102 e. The van der Waals surface area contributed by atoms with E-state index in [1.165, 1.54) is 0 Å². The molecule has 352 valence electrons. The van der Waals surface area contributed by atoms with Gasteiger partial charge in [-0.15, -0.1) is 0 Å². The fourth-order valence-corrected chi connectivity index (χ4v) is 8.53. The summed E-state index contributed by atoms with van der Waals surface area (Å²) in [7, 11) is 3.96. The quantitative estimate of drug-likeness (QED) is 0.151. The Bertz CT molecular complexity index is 1520. The van der Waals surface area contributed by atoms with E-state index in [-0.39, 0.29) is 72.6 Å². The van der Waals surface area contributed by atoms with Gasteiger partial charge in [-0.1, -0.05) is 107 Å². The number of ether oxygens (including phenoxy) is 4. The zero-order valence-corrected chi connectivity index (χ0v) is 40.7. The Balaban J connectivity index is 0.000000322. The van der Waals surface area contributed by atoms with Crippen molar-refractivity contribution in [1.29, 1.82) is 0 Å². The summed E-state index contributed by atoms with van der Waals surface area (Å²) in [6.45, 7) is 29.0. The van der Waals surface area contributed by atoms with Crippen molar-refractivity contribution in [2.24, 2.45) is 35.5 Å². The van der Waals surface area contributed by atoms with Crippen molar-refractivity contribution in [3.63, 3.8) is 0 Å². The number of rotatable bonds is 11. The number of benzene rings is 1. The van der Waals surface area contributed by atoms with Crippen molar-refractivity contribution in [1.82, 2.24) is 9.88 Å². The minimum Gasteiger partial charge on any atom is -0.393 e. The van der Waals surface area contributed by atoms with E-state index in [4.69, 9.17) is 24.1 Å². The molecule has 3 aliphatic heterocycles. The van der Waals surface area contributed by atoms with Crippen LogP contribution in [0.3, 0.4) is 0 Å². The predicted molar refractivity (Wildman–Crippen MR) is 248 cm³/mol. The average Bonchev–Trinajstić information content (AvgIpc) is 3.19. The lowest BCUT2D eigenvalue weighted by molar-refractivity contribution is -0.217. The summed E-state index contributed by atoms with van der Waals surface area (Å²) in [5.74, 6) is 1.85. The highest BCUT2D eigenvalue weighted by Gasteiger charge is 2.46. The molecule has 4 heterocycles. The van der Waals surface area contributed by atoms with Crippen LogP contribution in [0.5, 0.6) is 0 Å². The van der Waals surface area contributed by atoms with E-state index in [1.54, 1.807) is 0 Å². The molecule has 0 bridgehead atoms. The predicted octanol–water partition coefficient (Wildman–Crippen LogP) is 7.78. The molecule has 1 aromatic carbocycles. The second-order valence-electron chi connectivity index (χ2n) is 19.6. The van der Waals surface area contributed by atoms with Crippen LogP contribution in [0, 0.1) is 35.5 Å². The minimum absolute atomic E-state index is 0.0312. The van der Waals surface area contributed by atoms with Gasteiger partial charge in [-0.2, -0.15) is 0 Å². The van der Waals surface area contributed by atoms with Crippen molar-refractivity contribution >= 4 is 17.0 Å². The Morgan fingerprint density at radius 1 is 0.770 bits per heavy atom. The fourth-order valence-electron chi connectivity index (χ4n) is 8.53. The zero-order chi connectivity index (χ0) is 46.3. The molecule has 61 heavy (non-hydrogen) atoms. The average molecular weight is 861 g/mol. The van der Waals surface area contributed by atoms with Gasteiger partial charge in [0.2, 0.25) is 0 Å². The summed E-state index contributed by atoms with van der Waals surface area (Å²) in [6, 6.07) is 10.1. The molecule has 3 saturated heterocycles. The fraction of sp³-hybridized carbons (Fsp3) is 0.780. The summed E-state index contributed by atoms with van der Waals surface area (Å²) in [5, 5.41) is 50.2. The lowest BCUT2D eigenvalue weighted by atomic mass is 9.84. The molecule has 11 nitrogen and oxygen atoms in total. The van der Waals surface area contributed by atoms with Crippen molar-refractivity contribution < 1.29 is 44.5 Å². The van der Waals surface area contributed by atoms with E-state index >= 15 is 0 Å². The molecule has 5 N–H and O–H groups in total. The number of hydrogen-bond acceptors (Lipinski definition) is 11. The highest BCUT2D eigenvalue weighted by atomic mass is 16.6. The Morgan fingerprint density at radius 3 is 1.87 bits per heavy atom. The van der Waals surface area contributed by atoms with Crippen molar-refractivity contribution in [2.75, 3.05) is 20.7 Å². The summed E-state index contributed by atoms with van der Waals surface area (Å²) in [6.07, 6.45) is 6.21. The van der Waals surface area contributed by atoms with E-state index < -0.39 is 18.3 Å². The number of aliphatic hydroxyl groups is 5. The van der Waals surface area contributed by atoms with Crippen LogP contribution in [0.4, 0.5) is 0 Å². The second kappa shape index (κ2) is 26.7. The highest BCUT2D eigenvalue weighted by molar-refractivity contribution is 5.80. The largest absolute Gasteiger partial charge is 0.393 e. The Labute approximate surface area is 370 Å². The molecule has 3 fully saturated rings. The van der Waals surface area contributed by atoms with Gasteiger partial charge in [0.05, 0.1) is 85.3 Å². The normalized spacial score (nSPS) is 33.6. The number of fused-ring (bicyclic) bond motifs is 1. The molecule has 1 unspecified atom stereocenters. The third kappa shape index (κ3) is 17.1. The van der Waals surface area contributed by atoms with Crippen LogP contribution in [0.15, 0.2) is 42.6 Å². The van der Waals surface area contributed by atoms with Crippen LogP contribution in [-0.4, -0.2) is 135 Å². The lowest BCUT2D eigenvalue weighted by Crippen LogP contribution is -2.63. The molecule has 0 amide bonds. The van der Waals surface area contributed by atoms with E-state index in [0.29, 0.717) is 30.5 Å². The number of hydrogen-bond donors (Lipinski definition) is 5. The topological polar surface area (TPSA) is 154 Å².